The first-order valence-corrected chi connectivity index (χ1v) is 8.23. The van der Waals surface area contributed by atoms with E-state index in [9.17, 15) is 0 Å². The molecule has 1 heterocycles. The van der Waals surface area contributed by atoms with Crippen molar-refractivity contribution in [2.24, 2.45) is 0 Å². The lowest BCUT2D eigenvalue weighted by Crippen LogP contribution is -2.05. The highest BCUT2D eigenvalue weighted by Gasteiger charge is 2.05. The van der Waals surface area contributed by atoms with Crippen LogP contribution in [-0.4, -0.2) is 21.3 Å². The molecule has 0 unspecified atom stereocenters. The number of anilines is 4. The van der Waals surface area contributed by atoms with Gasteiger partial charge < -0.3 is 15.4 Å². The van der Waals surface area contributed by atoms with Crippen molar-refractivity contribution < 1.29 is 4.74 Å². The van der Waals surface area contributed by atoms with Crippen LogP contribution in [0.3, 0.4) is 0 Å². The first-order chi connectivity index (χ1) is 12.1. The molecule has 25 heavy (non-hydrogen) atoms. The average molecular weight is 356 g/mol. The Morgan fingerprint density at radius 3 is 2.48 bits per heavy atom. The van der Waals surface area contributed by atoms with Crippen LogP contribution in [0.25, 0.3) is 0 Å². The molecule has 6 nitrogen and oxygen atoms in total. The topological polar surface area (TPSA) is 72.0 Å². The Balaban J connectivity index is 1.70. The molecule has 3 rings (SSSR count). The number of halogens is 1. The molecule has 0 bridgehead atoms. The molecule has 0 aliphatic heterocycles. The van der Waals surface area contributed by atoms with Gasteiger partial charge in [-0.25, -0.2) is 0 Å². The van der Waals surface area contributed by atoms with E-state index in [0.29, 0.717) is 16.8 Å². The highest BCUT2D eigenvalue weighted by molar-refractivity contribution is 6.33. The van der Waals surface area contributed by atoms with Crippen LogP contribution in [-0.2, 0) is 0 Å². The van der Waals surface area contributed by atoms with E-state index in [1.54, 1.807) is 12.3 Å². The number of nitrogens with zero attached hydrogens (tertiary/aromatic N) is 3. The van der Waals surface area contributed by atoms with E-state index in [0.717, 1.165) is 17.1 Å². The molecule has 1 aromatic heterocycles. The Hall–Kier alpha value is -2.86. The van der Waals surface area contributed by atoms with Crippen molar-refractivity contribution in [2.75, 3.05) is 10.6 Å². The summed E-state index contributed by atoms with van der Waals surface area (Å²) >= 11 is 6.13. The molecule has 0 radical (unpaired) electrons. The second-order valence-electron chi connectivity index (χ2n) is 5.59. The summed E-state index contributed by atoms with van der Waals surface area (Å²) in [5.74, 6) is 1.75. The molecule has 2 aromatic carbocycles. The zero-order valence-corrected chi connectivity index (χ0v) is 14.7. The largest absolute Gasteiger partial charge is 0.491 e. The van der Waals surface area contributed by atoms with E-state index < -0.39 is 0 Å². The Kier molecular flexibility index (Phi) is 5.30. The van der Waals surface area contributed by atoms with E-state index in [-0.39, 0.29) is 6.10 Å². The monoisotopic (exact) mass is 355 g/mol. The molecule has 128 valence electrons. The number of benzene rings is 2. The molecule has 0 fully saturated rings. The lowest BCUT2D eigenvalue weighted by molar-refractivity contribution is 0.242. The van der Waals surface area contributed by atoms with Crippen molar-refractivity contribution >= 4 is 34.7 Å². The van der Waals surface area contributed by atoms with E-state index in [4.69, 9.17) is 16.3 Å². The zero-order chi connectivity index (χ0) is 17.6. The standard InChI is InChI=1S/C18H18ClN5O/c1-12(2)25-14-9-7-13(8-10-14)21-17-11-20-24-18(23-17)22-16-6-4-3-5-15(16)19/h3-12H,1-2H3,(H2,21,22,23,24). The minimum absolute atomic E-state index is 0.142. The van der Waals surface area contributed by atoms with E-state index >= 15 is 0 Å². The summed E-state index contributed by atoms with van der Waals surface area (Å²) in [6.07, 6.45) is 1.69. The van der Waals surface area contributed by atoms with Gasteiger partial charge in [-0.1, -0.05) is 23.7 Å². The summed E-state index contributed by atoms with van der Waals surface area (Å²) in [5, 5.41) is 14.8. The van der Waals surface area contributed by atoms with Crippen LogP contribution < -0.4 is 15.4 Å². The van der Waals surface area contributed by atoms with Crippen LogP contribution in [0.2, 0.25) is 5.02 Å². The fraction of sp³-hybridized carbons (Fsp3) is 0.167. The molecule has 0 aliphatic carbocycles. The molecule has 0 atom stereocenters. The van der Waals surface area contributed by atoms with Gasteiger partial charge in [0.25, 0.3) is 0 Å². The second kappa shape index (κ2) is 7.81. The molecule has 2 N–H and O–H groups in total. The summed E-state index contributed by atoms with van der Waals surface area (Å²) < 4.78 is 5.63. The molecule has 7 heteroatoms. The quantitative estimate of drug-likeness (QED) is 0.661. The van der Waals surface area contributed by atoms with Crippen LogP contribution >= 0.6 is 11.6 Å². The Bertz CT molecular complexity index is 839. The maximum absolute atomic E-state index is 6.13. The van der Waals surface area contributed by atoms with Gasteiger partial charge in [0.1, 0.15) is 5.75 Å². The van der Waals surface area contributed by atoms with Crippen molar-refractivity contribution in [3.05, 3.63) is 59.8 Å². The smallest absolute Gasteiger partial charge is 0.249 e. The number of ether oxygens (including phenoxy) is 1. The van der Waals surface area contributed by atoms with Gasteiger partial charge in [-0.05, 0) is 50.2 Å². The van der Waals surface area contributed by atoms with Crippen LogP contribution in [0.5, 0.6) is 5.75 Å². The Morgan fingerprint density at radius 1 is 1.00 bits per heavy atom. The second-order valence-corrected chi connectivity index (χ2v) is 5.99. The third-order valence-corrected chi connectivity index (χ3v) is 3.51. The maximum Gasteiger partial charge on any atom is 0.249 e. The van der Waals surface area contributed by atoms with Crippen LogP contribution in [0.4, 0.5) is 23.1 Å². The van der Waals surface area contributed by atoms with Crippen LogP contribution in [0.15, 0.2) is 54.7 Å². The summed E-state index contributed by atoms with van der Waals surface area (Å²) in [7, 11) is 0. The highest BCUT2D eigenvalue weighted by atomic mass is 35.5. The molecule has 0 spiro atoms. The number of rotatable bonds is 6. The van der Waals surface area contributed by atoms with Gasteiger partial charge in [-0.2, -0.15) is 10.1 Å². The number of para-hydroxylation sites is 1. The molecule has 0 saturated carbocycles. The minimum atomic E-state index is 0.142. The SMILES string of the molecule is CC(C)Oc1ccc(Nc2cnnc(Nc3ccccc3Cl)n2)cc1. The van der Waals surface area contributed by atoms with Crippen molar-refractivity contribution in [3.8, 4) is 5.75 Å². The third-order valence-electron chi connectivity index (χ3n) is 3.18. The first-order valence-electron chi connectivity index (χ1n) is 7.85. The Morgan fingerprint density at radius 2 is 1.76 bits per heavy atom. The van der Waals surface area contributed by atoms with Crippen molar-refractivity contribution in [1.29, 1.82) is 0 Å². The highest BCUT2D eigenvalue weighted by Crippen LogP contribution is 2.24. The molecule has 3 aromatic rings. The van der Waals surface area contributed by atoms with Gasteiger partial charge in [0.2, 0.25) is 5.95 Å². The third kappa shape index (κ3) is 4.81. The van der Waals surface area contributed by atoms with Crippen molar-refractivity contribution in [1.82, 2.24) is 15.2 Å². The number of hydrogen-bond acceptors (Lipinski definition) is 6. The van der Waals surface area contributed by atoms with Crippen LogP contribution in [0, 0.1) is 0 Å². The van der Waals surface area contributed by atoms with Gasteiger partial charge in [0.15, 0.2) is 5.82 Å². The summed E-state index contributed by atoms with van der Waals surface area (Å²) in [6, 6.07) is 15.0. The predicted octanol–water partition coefficient (Wildman–Crippen LogP) is 4.80. The maximum atomic E-state index is 6.13. The van der Waals surface area contributed by atoms with E-state index in [2.05, 4.69) is 25.8 Å². The number of hydrogen-bond donors (Lipinski definition) is 2. The molecule has 0 aliphatic rings. The average Bonchev–Trinajstić information content (AvgIpc) is 2.59. The molecule has 0 amide bonds. The lowest BCUT2D eigenvalue weighted by Gasteiger charge is -2.11. The Labute approximate surface area is 151 Å². The summed E-state index contributed by atoms with van der Waals surface area (Å²) in [6.45, 7) is 3.98. The van der Waals surface area contributed by atoms with E-state index in [1.807, 2.05) is 56.3 Å². The molecular formula is C18H18ClN5O. The lowest BCUT2D eigenvalue weighted by atomic mass is 10.3. The minimum Gasteiger partial charge on any atom is -0.491 e. The van der Waals surface area contributed by atoms with Crippen LogP contribution in [0.1, 0.15) is 13.8 Å². The summed E-state index contributed by atoms with van der Waals surface area (Å²) in [4.78, 5) is 4.39. The molecular weight excluding hydrogens is 338 g/mol. The van der Waals surface area contributed by atoms with Gasteiger partial charge >= 0.3 is 0 Å². The predicted molar refractivity (Wildman–Crippen MR) is 100 cm³/mol. The van der Waals surface area contributed by atoms with Crippen molar-refractivity contribution in [2.45, 2.75) is 20.0 Å². The van der Waals surface area contributed by atoms with E-state index in [1.165, 1.54) is 0 Å². The van der Waals surface area contributed by atoms with Gasteiger partial charge in [-0.15, -0.1) is 5.10 Å². The normalized spacial score (nSPS) is 10.6. The fourth-order valence-corrected chi connectivity index (χ4v) is 2.32. The van der Waals surface area contributed by atoms with Gasteiger partial charge in [0.05, 0.1) is 23.0 Å². The number of aromatic nitrogens is 3. The summed E-state index contributed by atoms with van der Waals surface area (Å²) in [5.41, 5.74) is 1.60. The van der Waals surface area contributed by atoms with Gasteiger partial charge in [-0.3, -0.25) is 0 Å². The first kappa shape index (κ1) is 17.0. The zero-order valence-electron chi connectivity index (χ0n) is 13.9. The number of nitrogens with one attached hydrogen (secondary N) is 2. The van der Waals surface area contributed by atoms with Gasteiger partial charge in [0, 0.05) is 5.69 Å². The molecule has 0 saturated heterocycles. The fourth-order valence-electron chi connectivity index (χ4n) is 2.14. The van der Waals surface area contributed by atoms with Crippen molar-refractivity contribution in [3.63, 3.8) is 0 Å².